The number of aromatic hydroxyl groups is 1. The Hall–Kier alpha value is -3.26. The zero-order valence-electron chi connectivity index (χ0n) is 16.2. The van der Waals surface area contributed by atoms with Crippen LogP contribution in [0.25, 0.3) is 11.5 Å². The monoisotopic (exact) mass is 393 g/mol. The van der Waals surface area contributed by atoms with Gasteiger partial charge in [-0.1, -0.05) is 6.07 Å². The summed E-state index contributed by atoms with van der Waals surface area (Å²) in [6, 6.07) is 4.77. The van der Waals surface area contributed by atoms with E-state index in [0.717, 1.165) is 48.7 Å². The second kappa shape index (κ2) is 8.00. The fourth-order valence-corrected chi connectivity index (χ4v) is 3.89. The molecule has 0 saturated carbocycles. The van der Waals surface area contributed by atoms with Crippen molar-refractivity contribution in [2.45, 2.75) is 25.3 Å². The van der Waals surface area contributed by atoms with Crippen LogP contribution in [-0.2, 0) is 13.6 Å². The van der Waals surface area contributed by atoms with Crippen molar-refractivity contribution in [1.29, 1.82) is 0 Å². The molecule has 1 aliphatic rings. The van der Waals surface area contributed by atoms with Crippen molar-refractivity contribution in [2.75, 3.05) is 13.1 Å². The Morgan fingerprint density at radius 2 is 1.90 bits per heavy atom. The topological polar surface area (TPSA) is 104 Å². The van der Waals surface area contributed by atoms with Crippen LogP contribution in [-0.4, -0.2) is 53.7 Å². The first kappa shape index (κ1) is 19.1. The molecule has 1 aromatic carbocycles. The van der Waals surface area contributed by atoms with Gasteiger partial charge in [-0.25, -0.2) is 14.8 Å². The van der Waals surface area contributed by atoms with Gasteiger partial charge in [0.05, 0.1) is 5.69 Å². The second-order valence-electron chi connectivity index (χ2n) is 7.36. The van der Waals surface area contributed by atoms with Crippen LogP contribution in [0.3, 0.4) is 0 Å². The number of aryl methyl sites for hydroxylation is 1. The molecule has 1 aliphatic heterocycles. The van der Waals surface area contributed by atoms with E-state index in [1.165, 1.54) is 6.07 Å². The van der Waals surface area contributed by atoms with Gasteiger partial charge < -0.3 is 14.8 Å². The van der Waals surface area contributed by atoms with E-state index in [-0.39, 0.29) is 11.3 Å². The number of carbonyl (C=O) groups is 1. The molecule has 0 spiro atoms. The molecule has 3 aromatic rings. The highest BCUT2D eigenvalue weighted by atomic mass is 16.4. The molecule has 1 saturated heterocycles. The van der Waals surface area contributed by atoms with E-state index in [9.17, 15) is 15.0 Å². The number of piperidine rings is 1. The molecule has 2 aromatic heterocycles. The average molecular weight is 393 g/mol. The molecule has 4 rings (SSSR count). The maximum Gasteiger partial charge on any atom is 0.339 e. The molecule has 2 N–H and O–H groups in total. The lowest BCUT2D eigenvalue weighted by atomic mass is 9.91. The minimum Gasteiger partial charge on any atom is -0.507 e. The number of benzene rings is 1. The summed E-state index contributed by atoms with van der Waals surface area (Å²) in [6.07, 6.45) is 8.99. The first-order valence-electron chi connectivity index (χ1n) is 9.59. The largest absolute Gasteiger partial charge is 0.507 e. The Morgan fingerprint density at radius 1 is 1.14 bits per heavy atom. The molecule has 8 heteroatoms. The predicted octanol–water partition coefficient (Wildman–Crippen LogP) is 2.66. The van der Waals surface area contributed by atoms with Crippen molar-refractivity contribution in [2.24, 2.45) is 7.05 Å². The van der Waals surface area contributed by atoms with Gasteiger partial charge in [0.25, 0.3) is 0 Å². The lowest BCUT2D eigenvalue weighted by Gasteiger charge is -2.32. The zero-order chi connectivity index (χ0) is 20.4. The smallest absolute Gasteiger partial charge is 0.339 e. The lowest BCUT2D eigenvalue weighted by Crippen LogP contribution is -2.33. The number of carboxylic acids is 1. The molecule has 0 radical (unpaired) electrons. The van der Waals surface area contributed by atoms with Gasteiger partial charge in [-0.2, -0.15) is 0 Å². The molecule has 0 amide bonds. The Kier molecular flexibility index (Phi) is 5.26. The normalized spacial score (nSPS) is 15.5. The molecule has 0 aliphatic carbocycles. The molecule has 1 fully saturated rings. The van der Waals surface area contributed by atoms with Crippen molar-refractivity contribution < 1.29 is 15.0 Å². The summed E-state index contributed by atoms with van der Waals surface area (Å²) in [4.78, 5) is 27.1. The van der Waals surface area contributed by atoms with Crippen molar-refractivity contribution in [1.82, 2.24) is 24.4 Å². The average Bonchev–Trinajstić information content (AvgIpc) is 3.15. The van der Waals surface area contributed by atoms with Crippen LogP contribution in [0.5, 0.6) is 5.75 Å². The van der Waals surface area contributed by atoms with E-state index in [0.29, 0.717) is 12.5 Å². The van der Waals surface area contributed by atoms with Crippen LogP contribution in [0.1, 0.15) is 40.4 Å². The van der Waals surface area contributed by atoms with E-state index in [4.69, 9.17) is 0 Å². The second-order valence-corrected chi connectivity index (χ2v) is 7.36. The van der Waals surface area contributed by atoms with Crippen LogP contribution < -0.4 is 0 Å². The number of carboxylic acid groups (broad SMARTS) is 1. The van der Waals surface area contributed by atoms with Gasteiger partial charge in [0.1, 0.15) is 17.0 Å². The third kappa shape index (κ3) is 3.97. The summed E-state index contributed by atoms with van der Waals surface area (Å²) in [6.45, 7) is 2.41. The van der Waals surface area contributed by atoms with Gasteiger partial charge in [0.2, 0.25) is 0 Å². The van der Waals surface area contributed by atoms with Crippen LogP contribution in [0.2, 0.25) is 0 Å². The minimum absolute atomic E-state index is 0.0587. The van der Waals surface area contributed by atoms with Gasteiger partial charge in [0, 0.05) is 44.3 Å². The van der Waals surface area contributed by atoms with Crippen LogP contribution >= 0.6 is 0 Å². The van der Waals surface area contributed by atoms with Gasteiger partial charge in [-0.05, 0) is 43.6 Å². The van der Waals surface area contributed by atoms with Gasteiger partial charge in [-0.3, -0.25) is 9.88 Å². The number of imidazole rings is 1. The highest BCUT2D eigenvalue weighted by Gasteiger charge is 2.26. The molecule has 0 atom stereocenters. The molecular formula is C21H23N5O3. The predicted molar refractivity (Wildman–Crippen MR) is 107 cm³/mol. The van der Waals surface area contributed by atoms with E-state index in [2.05, 4.69) is 19.9 Å². The molecule has 0 bridgehead atoms. The molecule has 3 heterocycles. The van der Waals surface area contributed by atoms with E-state index >= 15 is 0 Å². The fraction of sp³-hybridized carbons (Fsp3) is 0.333. The van der Waals surface area contributed by atoms with Crippen molar-refractivity contribution in [3.63, 3.8) is 0 Å². The van der Waals surface area contributed by atoms with Crippen LogP contribution in [0.15, 0.2) is 43.0 Å². The Morgan fingerprint density at radius 3 is 2.59 bits per heavy atom. The number of aromatic nitrogens is 4. The molecule has 0 unspecified atom stereocenters. The van der Waals surface area contributed by atoms with Crippen molar-refractivity contribution >= 4 is 5.97 Å². The van der Waals surface area contributed by atoms with Crippen LogP contribution in [0, 0.1) is 0 Å². The standard InChI is InChI=1S/C21H23N5O3/c1-25-11-8-24-20(25)19-18(22-6-7-23-19)15-4-9-26(10-5-15)13-14-2-3-17(27)16(12-14)21(28)29/h2-3,6-8,11-12,15,27H,4-5,9-10,13H2,1H3,(H,28,29). The maximum atomic E-state index is 11.2. The third-order valence-corrected chi connectivity index (χ3v) is 5.43. The number of hydrogen-bond acceptors (Lipinski definition) is 6. The quantitative estimate of drug-likeness (QED) is 0.687. The lowest BCUT2D eigenvalue weighted by molar-refractivity contribution is 0.0693. The SMILES string of the molecule is Cn1ccnc1-c1nccnc1C1CCN(Cc2ccc(O)c(C(=O)O)c2)CC1. The van der Waals surface area contributed by atoms with E-state index in [1.807, 2.05) is 17.8 Å². The Labute approximate surface area is 168 Å². The first-order chi connectivity index (χ1) is 14.0. The number of hydrogen-bond donors (Lipinski definition) is 2. The van der Waals surface area contributed by atoms with Crippen molar-refractivity contribution in [3.05, 3.63) is 59.8 Å². The summed E-state index contributed by atoms with van der Waals surface area (Å²) in [5, 5.41) is 18.9. The highest BCUT2D eigenvalue weighted by Crippen LogP contribution is 2.32. The summed E-state index contributed by atoms with van der Waals surface area (Å²) >= 11 is 0. The van der Waals surface area contributed by atoms with Gasteiger partial charge in [0.15, 0.2) is 5.82 Å². The van der Waals surface area contributed by atoms with Gasteiger partial charge >= 0.3 is 5.97 Å². The zero-order valence-corrected chi connectivity index (χ0v) is 16.2. The molecule has 29 heavy (non-hydrogen) atoms. The highest BCUT2D eigenvalue weighted by molar-refractivity contribution is 5.90. The number of rotatable bonds is 5. The maximum absolute atomic E-state index is 11.2. The number of nitrogens with zero attached hydrogens (tertiary/aromatic N) is 5. The first-order valence-corrected chi connectivity index (χ1v) is 9.59. The molecule has 150 valence electrons. The Bertz CT molecular complexity index is 1020. The van der Waals surface area contributed by atoms with Crippen molar-refractivity contribution in [3.8, 4) is 17.3 Å². The summed E-state index contributed by atoms with van der Waals surface area (Å²) in [7, 11) is 1.95. The van der Waals surface area contributed by atoms with E-state index < -0.39 is 5.97 Å². The molecule has 8 nitrogen and oxygen atoms in total. The Balaban J connectivity index is 1.45. The summed E-state index contributed by atoms with van der Waals surface area (Å²) in [5.74, 6) is -0.196. The minimum atomic E-state index is -1.12. The van der Waals surface area contributed by atoms with E-state index in [1.54, 1.807) is 30.7 Å². The van der Waals surface area contributed by atoms with Gasteiger partial charge in [-0.15, -0.1) is 0 Å². The summed E-state index contributed by atoms with van der Waals surface area (Å²) in [5.41, 5.74) is 2.64. The third-order valence-electron chi connectivity index (χ3n) is 5.43. The van der Waals surface area contributed by atoms with Crippen LogP contribution in [0.4, 0.5) is 0 Å². The number of likely N-dealkylation sites (tertiary alicyclic amines) is 1. The summed E-state index contributed by atoms with van der Waals surface area (Å²) < 4.78 is 1.95. The fourth-order valence-electron chi connectivity index (χ4n) is 3.89. The molecular weight excluding hydrogens is 370 g/mol. The number of phenols is 1. The number of aromatic carboxylic acids is 1.